The minimum atomic E-state index is -0.427. The molecule has 1 aromatic heterocycles. The van der Waals surface area contributed by atoms with E-state index in [2.05, 4.69) is 10.3 Å². The molecule has 2 heterocycles. The number of amides is 2. The number of anilines is 1. The maximum atomic E-state index is 13.5. The van der Waals surface area contributed by atoms with Crippen LogP contribution in [-0.2, 0) is 16.1 Å². The van der Waals surface area contributed by atoms with Crippen molar-refractivity contribution in [3.63, 3.8) is 0 Å². The van der Waals surface area contributed by atoms with Gasteiger partial charge in [0, 0.05) is 12.3 Å². The Labute approximate surface area is 192 Å². The molecular formula is C26H25N3O4. The van der Waals surface area contributed by atoms with E-state index in [9.17, 15) is 9.59 Å². The van der Waals surface area contributed by atoms with Crippen molar-refractivity contribution in [2.24, 2.45) is 0 Å². The van der Waals surface area contributed by atoms with E-state index in [1.165, 1.54) is 4.90 Å². The highest BCUT2D eigenvalue weighted by Gasteiger charge is 2.39. The number of imide groups is 1. The molecule has 0 spiro atoms. The fourth-order valence-electron chi connectivity index (χ4n) is 3.70. The van der Waals surface area contributed by atoms with Crippen molar-refractivity contribution in [1.82, 2.24) is 9.88 Å². The van der Waals surface area contributed by atoms with E-state index < -0.39 is 5.91 Å². The van der Waals surface area contributed by atoms with Crippen LogP contribution in [0.25, 0.3) is 5.57 Å². The molecular weight excluding hydrogens is 418 g/mol. The number of methoxy groups -OCH3 is 2. The summed E-state index contributed by atoms with van der Waals surface area (Å²) in [4.78, 5) is 32.5. The van der Waals surface area contributed by atoms with Crippen molar-refractivity contribution in [3.05, 3.63) is 88.9 Å². The minimum absolute atomic E-state index is 0.0767. The normalized spacial score (nSPS) is 13.5. The largest absolute Gasteiger partial charge is 0.497 e. The summed E-state index contributed by atoms with van der Waals surface area (Å²) in [6.45, 7) is 4.06. The summed E-state index contributed by atoms with van der Waals surface area (Å²) in [5.74, 6) is 0.307. The van der Waals surface area contributed by atoms with Crippen LogP contribution in [0.1, 0.15) is 22.4 Å². The molecule has 0 bridgehead atoms. The number of hydrogen-bond donors (Lipinski definition) is 1. The minimum Gasteiger partial charge on any atom is -0.497 e. The fraction of sp³-hybridized carbons (Fsp3) is 0.192. The second kappa shape index (κ2) is 9.16. The smallest absolute Gasteiger partial charge is 0.278 e. The molecule has 168 valence electrons. The highest BCUT2D eigenvalue weighted by Crippen LogP contribution is 2.36. The van der Waals surface area contributed by atoms with Crippen molar-refractivity contribution < 1.29 is 19.1 Å². The van der Waals surface area contributed by atoms with Gasteiger partial charge >= 0.3 is 0 Å². The summed E-state index contributed by atoms with van der Waals surface area (Å²) < 4.78 is 10.8. The van der Waals surface area contributed by atoms with Crippen LogP contribution in [0, 0.1) is 13.8 Å². The molecule has 0 radical (unpaired) electrons. The molecule has 3 aromatic rings. The molecule has 0 saturated heterocycles. The van der Waals surface area contributed by atoms with Gasteiger partial charge in [-0.2, -0.15) is 0 Å². The Kier molecular flexibility index (Phi) is 6.13. The number of aryl methyl sites for hydroxylation is 2. The lowest BCUT2D eigenvalue weighted by Gasteiger charge is -2.16. The number of carbonyl (C=O) groups is 2. The van der Waals surface area contributed by atoms with Crippen molar-refractivity contribution >= 4 is 23.1 Å². The first-order valence-electron chi connectivity index (χ1n) is 10.5. The number of carbonyl (C=O) groups excluding carboxylic acids is 2. The number of benzene rings is 2. The van der Waals surface area contributed by atoms with Gasteiger partial charge in [-0.15, -0.1) is 0 Å². The molecule has 0 fully saturated rings. The van der Waals surface area contributed by atoms with Crippen LogP contribution in [-0.4, -0.2) is 35.9 Å². The first-order chi connectivity index (χ1) is 15.9. The number of pyridine rings is 1. The summed E-state index contributed by atoms with van der Waals surface area (Å²) >= 11 is 0. The lowest BCUT2D eigenvalue weighted by Crippen LogP contribution is -2.32. The Morgan fingerprint density at radius 1 is 0.909 bits per heavy atom. The third-order valence-corrected chi connectivity index (χ3v) is 5.68. The molecule has 0 saturated carbocycles. The van der Waals surface area contributed by atoms with Gasteiger partial charge in [0.1, 0.15) is 17.2 Å². The Bertz CT molecular complexity index is 1250. The van der Waals surface area contributed by atoms with E-state index in [0.717, 1.165) is 11.1 Å². The van der Waals surface area contributed by atoms with Gasteiger partial charge in [-0.05, 0) is 54.8 Å². The van der Waals surface area contributed by atoms with Crippen LogP contribution in [0.4, 0.5) is 5.69 Å². The highest BCUT2D eigenvalue weighted by atomic mass is 16.5. The maximum Gasteiger partial charge on any atom is 0.278 e. The van der Waals surface area contributed by atoms with Crippen LogP contribution >= 0.6 is 0 Å². The molecule has 7 nitrogen and oxygen atoms in total. The summed E-state index contributed by atoms with van der Waals surface area (Å²) in [5, 5.41) is 3.16. The zero-order valence-electron chi connectivity index (χ0n) is 19.0. The summed E-state index contributed by atoms with van der Waals surface area (Å²) in [7, 11) is 3.10. The third-order valence-electron chi connectivity index (χ3n) is 5.68. The number of ether oxygens (including phenoxy) is 2. The summed E-state index contributed by atoms with van der Waals surface area (Å²) in [5.41, 5.74) is 4.44. The lowest BCUT2D eigenvalue weighted by molar-refractivity contribution is -0.137. The van der Waals surface area contributed by atoms with Crippen LogP contribution in [0.5, 0.6) is 11.5 Å². The maximum absolute atomic E-state index is 13.5. The van der Waals surface area contributed by atoms with Crippen molar-refractivity contribution in [1.29, 1.82) is 0 Å². The zero-order chi connectivity index (χ0) is 23.5. The number of hydrogen-bond acceptors (Lipinski definition) is 6. The van der Waals surface area contributed by atoms with Crippen molar-refractivity contribution in [2.75, 3.05) is 19.5 Å². The summed E-state index contributed by atoms with van der Waals surface area (Å²) in [6.07, 6.45) is 1.64. The van der Waals surface area contributed by atoms with E-state index in [1.807, 2.05) is 38.1 Å². The lowest BCUT2D eigenvalue weighted by atomic mass is 9.99. The molecule has 7 heteroatoms. The second-order valence-electron chi connectivity index (χ2n) is 7.76. The number of aromatic nitrogens is 1. The average Bonchev–Trinajstić information content (AvgIpc) is 3.05. The van der Waals surface area contributed by atoms with Gasteiger partial charge in [-0.3, -0.25) is 19.5 Å². The number of rotatable bonds is 7. The van der Waals surface area contributed by atoms with Gasteiger partial charge in [0.15, 0.2) is 0 Å². The van der Waals surface area contributed by atoms with E-state index in [1.54, 1.807) is 50.7 Å². The molecule has 4 rings (SSSR count). The third kappa shape index (κ3) is 4.30. The quantitative estimate of drug-likeness (QED) is 0.554. The van der Waals surface area contributed by atoms with Crippen LogP contribution in [0.2, 0.25) is 0 Å². The Morgan fingerprint density at radius 2 is 1.73 bits per heavy atom. The average molecular weight is 444 g/mol. The Hall–Kier alpha value is -4.13. The van der Waals surface area contributed by atoms with Gasteiger partial charge in [0.05, 0.1) is 37.7 Å². The topological polar surface area (TPSA) is 80.8 Å². The first kappa shape index (κ1) is 22.1. The molecule has 2 aromatic carbocycles. The molecule has 1 aliphatic rings. The SMILES string of the molecule is COc1ccc(OC)c(NC2=C(c3ccc(C)c(C)c3)C(=O)N(Cc3ccccn3)C2=O)c1. The first-order valence-corrected chi connectivity index (χ1v) is 10.5. The van der Waals surface area contributed by atoms with Crippen LogP contribution < -0.4 is 14.8 Å². The molecule has 0 atom stereocenters. The second-order valence-corrected chi connectivity index (χ2v) is 7.76. The number of nitrogens with one attached hydrogen (secondary N) is 1. The monoisotopic (exact) mass is 443 g/mol. The molecule has 1 N–H and O–H groups in total. The molecule has 33 heavy (non-hydrogen) atoms. The predicted octanol–water partition coefficient (Wildman–Crippen LogP) is 4.11. The predicted molar refractivity (Wildman–Crippen MR) is 126 cm³/mol. The molecule has 1 aliphatic heterocycles. The molecule has 0 unspecified atom stereocenters. The van der Waals surface area contributed by atoms with Crippen LogP contribution in [0.15, 0.2) is 66.5 Å². The van der Waals surface area contributed by atoms with Gasteiger partial charge in [-0.1, -0.05) is 24.3 Å². The Balaban J connectivity index is 1.81. The van der Waals surface area contributed by atoms with E-state index in [-0.39, 0.29) is 18.1 Å². The summed E-state index contributed by atoms with van der Waals surface area (Å²) in [6, 6.07) is 16.4. The number of nitrogens with zero attached hydrogens (tertiary/aromatic N) is 2. The van der Waals surface area contributed by atoms with Crippen molar-refractivity contribution in [3.8, 4) is 11.5 Å². The van der Waals surface area contributed by atoms with E-state index in [4.69, 9.17) is 9.47 Å². The highest BCUT2D eigenvalue weighted by molar-refractivity contribution is 6.36. The van der Waals surface area contributed by atoms with E-state index in [0.29, 0.717) is 34.0 Å². The molecule has 2 amide bonds. The van der Waals surface area contributed by atoms with Gasteiger partial charge < -0.3 is 14.8 Å². The molecule has 0 aliphatic carbocycles. The zero-order valence-corrected chi connectivity index (χ0v) is 19.0. The fourth-order valence-corrected chi connectivity index (χ4v) is 3.70. The van der Waals surface area contributed by atoms with Gasteiger partial charge in [0.25, 0.3) is 11.8 Å². The van der Waals surface area contributed by atoms with Crippen molar-refractivity contribution in [2.45, 2.75) is 20.4 Å². The van der Waals surface area contributed by atoms with Gasteiger partial charge in [-0.25, -0.2) is 0 Å². The van der Waals surface area contributed by atoms with Crippen LogP contribution in [0.3, 0.4) is 0 Å². The van der Waals surface area contributed by atoms with E-state index >= 15 is 0 Å². The standard InChI is InChI=1S/C26H25N3O4/c1-16-8-9-18(13-17(16)2)23-24(28-21-14-20(32-3)10-11-22(21)33-4)26(31)29(25(23)30)15-19-7-5-6-12-27-19/h5-14,28H,15H2,1-4H3. The Morgan fingerprint density at radius 3 is 2.39 bits per heavy atom. The van der Waals surface area contributed by atoms with Gasteiger partial charge in [0.2, 0.25) is 0 Å².